The summed E-state index contributed by atoms with van der Waals surface area (Å²) in [6.45, 7) is 4.24. The molecule has 27 heavy (non-hydrogen) atoms. The maximum absolute atomic E-state index is 13.8. The third kappa shape index (κ3) is 3.21. The minimum absolute atomic E-state index is 0.0503. The van der Waals surface area contributed by atoms with Crippen molar-refractivity contribution >= 4 is 17.3 Å². The van der Waals surface area contributed by atoms with E-state index in [0.29, 0.717) is 5.11 Å². The lowest BCUT2D eigenvalue weighted by Gasteiger charge is -2.31. The zero-order valence-corrected chi connectivity index (χ0v) is 16.0. The van der Waals surface area contributed by atoms with Gasteiger partial charge < -0.3 is 14.8 Å². The second-order valence-corrected chi connectivity index (χ2v) is 7.30. The fourth-order valence-corrected chi connectivity index (χ4v) is 4.19. The van der Waals surface area contributed by atoms with Gasteiger partial charge in [-0.15, -0.1) is 0 Å². The summed E-state index contributed by atoms with van der Waals surface area (Å²) in [5.41, 5.74) is 2.76. The molecule has 3 heterocycles. The quantitative estimate of drug-likeness (QED) is 0.681. The van der Waals surface area contributed by atoms with Gasteiger partial charge in [0.25, 0.3) is 0 Å². The SMILES string of the molecule is CC(C)N1C(=S)NC(c2ccccn2)C1c1cccn1-c1cccc(F)c1. The fraction of sp³-hybridized carbons (Fsp3) is 0.238. The average Bonchev–Trinajstić information content (AvgIpc) is 3.26. The molecule has 0 radical (unpaired) electrons. The molecule has 2 aromatic heterocycles. The van der Waals surface area contributed by atoms with E-state index in [1.54, 1.807) is 18.3 Å². The number of pyridine rings is 1. The number of thiocarbonyl (C=S) groups is 1. The van der Waals surface area contributed by atoms with Crippen LogP contribution in [0.3, 0.4) is 0 Å². The van der Waals surface area contributed by atoms with E-state index in [1.165, 1.54) is 6.07 Å². The molecule has 3 aromatic rings. The van der Waals surface area contributed by atoms with E-state index >= 15 is 0 Å². The van der Waals surface area contributed by atoms with Crippen molar-refractivity contribution in [3.05, 3.63) is 84.2 Å². The molecule has 2 atom stereocenters. The first-order valence-corrected chi connectivity index (χ1v) is 9.40. The second-order valence-electron chi connectivity index (χ2n) is 6.91. The Morgan fingerprint density at radius 1 is 1.11 bits per heavy atom. The highest BCUT2D eigenvalue weighted by Crippen LogP contribution is 2.40. The summed E-state index contributed by atoms with van der Waals surface area (Å²) in [6.07, 6.45) is 3.75. The van der Waals surface area contributed by atoms with Crippen LogP contribution in [0.1, 0.15) is 37.3 Å². The van der Waals surface area contributed by atoms with E-state index in [-0.39, 0.29) is 23.9 Å². The minimum Gasteiger partial charge on any atom is -0.352 e. The van der Waals surface area contributed by atoms with Crippen LogP contribution in [0.25, 0.3) is 5.69 Å². The number of aromatic nitrogens is 2. The predicted octanol–water partition coefficient (Wildman–Crippen LogP) is 4.39. The van der Waals surface area contributed by atoms with Crippen LogP contribution in [0.15, 0.2) is 67.0 Å². The van der Waals surface area contributed by atoms with Gasteiger partial charge in [0.1, 0.15) is 5.82 Å². The lowest BCUT2D eigenvalue weighted by atomic mass is 10.0. The first kappa shape index (κ1) is 17.7. The lowest BCUT2D eigenvalue weighted by Crippen LogP contribution is -2.36. The maximum atomic E-state index is 13.8. The molecule has 1 fully saturated rings. The van der Waals surface area contributed by atoms with Crippen molar-refractivity contribution < 1.29 is 4.39 Å². The van der Waals surface area contributed by atoms with Gasteiger partial charge in [-0.2, -0.15) is 0 Å². The number of hydrogen-bond acceptors (Lipinski definition) is 2. The van der Waals surface area contributed by atoms with Gasteiger partial charge >= 0.3 is 0 Å². The summed E-state index contributed by atoms with van der Waals surface area (Å²) in [4.78, 5) is 6.74. The normalized spacial score (nSPS) is 19.6. The Morgan fingerprint density at radius 2 is 1.96 bits per heavy atom. The summed E-state index contributed by atoms with van der Waals surface area (Å²) < 4.78 is 15.8. The molecule has 0 aliphatic carbocycles. The minimum atomic E-state index is -0.255. The Labute approximate surface area is 163 Å². The second kappa shape index (κ2) is 7.12. The Kier molecular flexibility index (Phi) is 4.66. The summed E-state index contributed by atoms with van der Waals surface area (Å²) in [5, 5.41) is 4.14. The Morgan fingerprint density at radius 3 is 2.67 bits per heavy atom. The zero-order chi connectivity index (χ0) is 19.0. The number of benzene rings is 1. The average molecular weight is 380 g/mol. The van der Waals surface area contributed by atoms with Gasteiger partial charge in [0.2, 0.25) is 0 Å². The first-order chi connectivity index (χ1) is 13.1. The summed E-state index contributed by atoms with van der Waals surface area (Å²) in [7, 11) is 0. The first-order valence-electron chi connectivity index (χ1n) is 8.99. The molecule has 138 valence electrons. The van der Waals surface area contributed by atoms with Crippen molar-refractivity contribution in [3.8, 4) is 5.69 Å². The highest BCUT2D eigenvalue weighted by atomic mass is 32.1. The van der Waals surface area contributed by atoms with E-state index < -0.39 is 0 Å². The van der Waals surface area contributed by atoms with E-state index in [1.807, 2.05) is 41.1 Å². The molecule has 2 unspecified atom stereocenters. The number of halogens is 1. The highest BCUT2D eigenvalue weighted by Gasteiger charge is 2.42. The molecule has 0 saturated carbocycles. The third-order valence-corrected chi connectivity index (χ3v) is 5.19. The summed E-state index contributed by atoms with van der Waals surface area (Å²) in [5.74, 6) is -0.255. The van der Waals surface area contributed by atoms with Gasteiger partial charge in [0.05, 0.1) is 17.8 Å². The maximum Gasteiger partial charge on any atom is 0.170 e. The molecular weight excluding hydrogens is 359 g/mol. The number of nitrogens with zero attached hydrogens (tertiary/aromatic N) is 3. The van der Waals surface area contributed by atoms with Gasteiger partial charge in [0.15, 0.2) is 5.11 Å². The Bertz CT molecular complexity index is 954. The van der Waals surface area contributed by atoms with Gasteiger partial charge in [-0.3, -0.25) is 4.98 Å². The predicted molar refractivity (Wildman–Crippen MR) is 108 cm³/mol. The number of nitrogens with one attached hydrogen (secondary N) is 1. The molecule has 1 aromatic carbocycles. The van der Waals surface area contributed by atoms with Crippen LogP contribution in [0.2, 0.25) is 0 Å². The number of rotatable bonds is 4. The van der Waals surface area contributed by atoms with E-state index in [4.69, 9.17) is 12.2 Å². The van der Waals surface area contributed by atoms with Crippen molar-refractivity contribution in [1.82, 2.24) is 19.8 Å². The van der Waals surface area contributed by atoms with Crippen molar-refractivity contribution in [3.63, 3.8) is 0 Å². The van der Waals surface area contributed by atoms with Crippen molar-refractivity contribution in [2.75, 3.05) is 0 Å². The molecule has 4 rings (SSSR count). The molecule has 1 N–H and O–H groups in total. The molecule has 0 bridgehead atoms. The standard InChI is InChI=1S/C21H21FN4S/c1-14(2)26-20(19(24-21(26)27)17-9-3-4-11-23-17)18-10-6-12-25(18)16-8-5-7-15(22)13-16/h3-14,19-20H,1-2H3,(H,24,27). The van der Waals surface area contributed by atoms with Crippen LogP contribution >= 0.6 is 12.2 Å². The lowest BCUT2D eigenvalue weighted by molar-refractivity contribution is 0.262. The smallest absolute Gasteiger partial charge is 0.170 e. The molecule has 4 nitrogen and oxygen atoms in total. The van der Waals surface area contributed by atoms with Crippen LogP contribution in [0, 0.1) is 5.82 Å². The summed E-state index contributed by atoms with van der Waals surface area (Å²) >= 11 is 5.64. The molecule has 6 heteroatoms. The van der Waals surface area contributed by atoms with Crippen LogP contribution in [-0.4, -0.2) is 25.6 Å². The largest absolute Gasteiger partial charge is 0.352 e. The summed E-state index contributed by atoms with van der Waals surface area (Å²) in [6, 6.07) is 16.6. The van der Waals surface area contributed by atoms with Crippen molar-refractivity contribution in [2.45, 2.75) is 32.0 Å². The molecule has 0 spiro atoms. The van der Waals surface area contributed by atoms with Gasteiger partial charge in [0, 0.05) is 29.8 Å². The Balaban J connectivity index is 1.84. The van der Waals surface area contributed by atoms with E-state index in [9.17, 15) is 4.39 Å². The van der Waals surface area contributed by atoms with Crippen molar-refractivity contribution in [2.24, 2.45) is 0 Å². The molecule has 1 aliphatic rings. The monoisotopic (exact) mass is 380 g/mol. The molecule has 0 amide bonds. The van der Waals surface area contributed by atoms with Crippen LogP contribution in [-0.2, 0) is 0 Å². The van der Waals surface area contributed by atoms with Crippen molar-refractivity contribution in [1.29, 1.82) is 0 Å². The molecule has 1 aliphatic heterocycles. The van der Waals surface area contributed by atoms with Gasteiger partial charge in [-0.05, 0) is 68.5 Å². The van der Waals surface area contributed by atoms with Crippen LogP contribution < -0.4 is 5.32 Å². The van der Waals surface area contributed by atoms with E-state index in [0.717, 1.165) is 17.1 Å². The van der Waals surface area contributed by atoms with Crippen LogP contribution in [0.4, 0.5) is 4.39 Å². The van der Waals surface area contributed by atoms with Gasteiger partial charge in [-0.1, -0.05) is 12.1 Å². The van der Waals surface area contributed by atoms with E-state index in [2.05, 4.69) is 35.1 Å². The van der Waals surface area contributed by atoms with Crippen LogP contribution in [0.5, 0.6) is 0 Å². The number of hydrogen-bond donors (Lipinski definition) is 1. The molecule has 1 saturated heterocycles. The third-order valence-electron chi connectivity index (χ3n) is 4.86. The topological polar surface area (TPSA) is 33.1 Å². The highest BCUT2D eigenvalue weighted by molar-refractivity contribution is 7.80. The molecular formula is C21H21FN4S. The zero-order valence-electron chi connectivity index (χ0n) is 15.2. The fourth-order valence-electron chi connectivity index (χ4n) is 3.73. The Hall–Kier alpha value is -2.73. The van der Waals surface area contributed by atoms with Gasteiger partial charge in [-0.25, -0.2) is 4.39 Å².